The van der Waals surface area contributed by atoms with Crippen LogP contribution in [0.2, 0.25) is 5.02 Å². The largest absolute Gasteiger partial charge is 0.368 e. The summed E-state index contributed by atoms with van der Waals surface area (Å²) in [4.78, 5) is 11.7. The van der Waals surface area contributed by atoms with Crippen LogP contribution < -0.4 is 5.32 Å². The Morgan fingerprint density at radius 3 is 3.00 bits per heavy atom. The van der Waals surface area contributed by atoms with Gasteiger partial charge < -0.3 is 10.1 Å². The predicted octanol–water partition coefficient (Wildman–Crippen LogP) is 3.22. The zero-order chi connectivity index (χ0) is 11.5. The molecule has 0 aromatic heterocycles. The number of hydrogen-bond acceptors (Lipinski definition) is 2. The topological polar surface area (TPSA) is 38.3 Å². The average molecular weight is 305 g/mol. The van der Waals surface area contributed by atoms with E-state index in [1.165, 1.54) is 0 Å². The first-order valence-corrected chi connectivity index (χ1v) is 6.21. The number of carbonyl (C=O) groups is 1. The van der Waals surface area contributed by atoms with Crippen LogP contribution in [0, 0.1) is 0 Å². The summed E-state index contributed by atoms with van der Waals surface area (Å²) in [5, 5.41) is 3.28. The molecule has 3 nitrogen and oxygen atoms in total. The molecule has 1 saturated heterocycles. The lowest BCUT2D eigenvalue weighted by atomic mass is 10.2. The molecule has 1 amide bonds. The standard InChI is InChI=1S/C11H11BrClNO2/c12-7-3-4-9(8(13)6-7)14-11(15)10-2-1-5-16-10/h3-4,6,10H,1-2,5H2,(H,14,15)/t10-/m0/s1. The highest BCUT2D eigenvalue weighted by molar-refractivity contribution is 9.10. The van der Waals surface area contributed by atoms with E-state index >= 15 is 0 Å². The third-order valence-electron chi connectivity index (χ3n) is 2.41. The Labute approximate surface area is 107 Å². The molecule has 0 unspecified atom stereocenters. The minimum atomic E-state index is -0.334. The van der Waals surface area contributed by atoms with Crippen LogP contribution in [0.1, 0.15) is 12.8 Å². The number of amides is 1. The second-order valence-corrected chi connectivity index (χ2v) is 4.94. The first-order valence-electron chi connectivity index (χ1n) is 5.04. The van der Waals surface area contributed by atoms with Gasteiger partial charge in [0, 0.05) is 11.1 Å². The SMILES string of the molecule is O=C(Nc1ccc(Br)cc1Cl)[C@@H]1CCCO1. The minimum Gasteiger partial charge on any atom is -0.368 e. The summed E-state index contributed by atoms with van der Waals surface area (Å²) in [6, 6.07) is 5.34. The van der Waals surface area contributed by atoms with Crippen molar-refractivity contribution < 1.29 is 9.53 Å². The predicted molar refractivity (Wildman–Crippen MR) is 66.8 cm³/mol. The molecule has 5 heteroatoms. The molecule has 86 valence electrons. The fourth-order valence-electron chi connectivity index (χ4n) is 1.59. The van der Waals surface area contributed by atoms with Gasteiger partial charge in [0.05, 0.1) is 10.7 Å². The maximum absolute atomic E-state index is 11.7. The van der Waals surface area contributed by atoms with Crippen LogP contribution >= 0.6 is 27.5 Å². The van der Waals surface area contributed by atoms with Crippen LogP contribution in [-0.2, 0) is 9.53 Å². The van der Waals surface area contributed by atoms with Crippen LogP contribution in [0.25, 0.3) is 0 Å². The van der Waals surface area contributed by atoms with E-state index in [1.807, 2.05) is 6.07 Å². The molecule has 1 N–H and O–H groups in total. The van der Waals surface area contributed by atoms with Crippen LogP contribution in [0.4, 0.5) is 5.69 Å². The molecule has 0 bridgehead atoms. The number of rotatable bonds is 2. The quantitative estimate of drug-likeness (QED) is 0.911. The number of benzene rings is 1. The Hall–Kier alpha value is -0.580. The van der Waals surface area contributed by atoms with Crippen molar-refractivity contribution in [1.82, 2.24) is 0 Å². The van der Waals surface area contributed by atoms with E-state index in [9.17, 15) is 4.79 Å². The van der Waals surface area contributed by atoms with Gasteiger partial charge in [-0.15, -0.1) is 0 Å². The number of hydrogen-bond donors (Lipinski definition) is 1. The Morgan fingerprint density at radius 1 is 1.56 bits per heavy atom. The fraction of sp³-hybridized carbons (Fsp3) is 0.364. The van der Waals surface area contributed by atoms with Gasteiger partial charge >= 0.3 is 0 Å². The van der Waals surface area contributed by atoms with Crippen molar-refractivity contribution in [2.75, 3.05) is 11.9 Å². The normalized spacial score (nSPS) is 19.8. The van der Waals surface area contributed by atoms with Crippen molar-refractivity contribution in [2.45, 2.75) is 18.9 Å². The molecule has 16 heavy (non-hydrogen) atoms. The lowest BCUT2D eigenvalue weighted by Gasteiger charge is -2.11. The van der Waals surface area contributed by atoms with Gasteiger partial charge in [0.15, 0.2) is 0 Å². The lowest BCUT2D eigenvalue weighted by molar-refractivity contribution is -0.124. The highest BCUT2D eigenvalue weighted by Gasteiger charge is 2.23. The molecule has 2 rings (SSSR count). The third kappa shape index (κ3) is 2.75. The monoisotopic (exact) mass is 303 g/mol. The van der Waals surface area contributed by atoms with E-state index in [2.05, 4.69) is 21.2 Å². The van der Waals surface area contributed by atoms with E-state index in [4.69, 9.17) is 16.3 Å². The molecule has 1 aliphatic rings. The molecular formula is C11H11BrClNO2. The second-order valence-electron chi connectivity index (χ2n) is 3.62. The summed E-state index contributed by atoms with van der Waals surface area (Å²) in [6.45, 7) is 0.659. The van der Waals surface area contributed by atoms with Crippen molar-refractivity contribution in [3.63, 3.8) is 0 Å². The average Bonchev–Trinajstić information content (AvgIpc) is 2.75. The molecule has 0 aliphatic carbocycles. The van der Waals surface area contributed by atoms with E-state index in [1.54, 1.807) is 12.1 Å². The fourth-order valence-corrected chi connectivity index (χ4v) is 2.31. The Kier molecular flexibility index (Phi) is 3.84. The molecular weight excluding hydrogens is 293 g/mol. The van der Waals surface area contributed by atoms with Crippen molar-refractivity contribution in [3.05, 3.63) is 27.7 Å². The van der Waals surface area contributed by atoms with Gasteiger partial charge in [0.25, 0.3) is 5.91 Å². The van der Waals surface area contributed by atoms with Gasteiger partial charge in [-0.2, -0.15) is 0 Å². The minimum absolute atomic E-state index is 0.123. The number of anilines is 1. The summed E-state index contributed by atoms with van der Waals surface area (Å²) in [6.07, 6.45) is 1.38. The van der Waals surface area contributed by atoms with E-state index in [0.717, 1.165) is 17.3 Å². The highest BCUT2D eigenvalue weighted by Crippen LogP contribution is 2.26. The molecule has 1 heterocycles. The van der Waals surface area contributed by atoms with Gasteiger partial charge in [-0.05, 0) is 31.0 Å². The van der Waals surface area contributed by atoms with Crippen molar-refractivity contribution in [2.24, 2.45) is 0 Å². The first kappa shape index (κ1) is 11.9. The number of ether oxygens (including phenoxy) is 1. The number of nitrogens with one attached hydrogen (secondary N) is 1. The first-order chi connectivity index (χ1) is 7.66. The molecule has 1 aromatic rings. The van der Waals surface area contributed by atoms with E-state index in [-0.39, 0.29) is 12.0 Å². The van der Waals surface area contributed by atoms with Gasteiger partial charge in [-0.1, -0.05) is 27.5 Å². The summed E-state index contributed by atoms with van der Waals surface area (Å²) in [5.41, 5.74) is 0.616. The van der Waals surface area contributed by atoms with Crippen molar-refractivity contribution in [3.8, 4) is 0 Å². The molecule has 0 saturated carbocycles. The summed E-state index contributed by atoms with van der Waals surface area (Å²) < 4.78 is 6.17. The highest BCUT2D eigenvalue weighted by atomic mass is 79.9. The summed E-state index contributed by atoms with van der Waals surface area (Å²) in [7, 11) is 0. The smallest absolute Gasteiger partial charge is 0.253 e. The Morgan fingerprint density at radius 2 is 2.38 bits per heavy atom. The van der Waals surface area contributed by atoms with E-state index < -0.39 is 0 Å². The maximum atomic E-state index is 11.7. The zero-order valence-corrected chi connectivity index (χ0v) is 10.8. The summed E-state index contributed by atoms with van der Waals surface area (Å²) >= 11 is 9.30. The van der Waals surface area contributed by atoms with Gasteiger partial charge in [0.1, 0.15) is 6.10 Å². The van der Waals surface area contributed by atoms with E-state index in [0.29, 0.717) is 17.3 Å². The molecule has 0 spiro atoms. The number of carbonyl (C=O) groups excluding carboxylic acids is 1. The molecule has 1 fully saturated rings. The molecule has 0 radical (unpaired) electrons. The van der Waals surface area contributed by atoms with Gasteiger partial charge in [-0.25, -0.2) is 0 Å². The second kappa shape index (κ2) is 5.17. The van der Waals surface area contributed by atoms with Crippen molar-refractivity contribution in [1.29, 1.82) is 0 Å². The van der Waals surface area contributed by atoms with Crippen LogP contribution in [0.5, 0.6) is 0 Å². The maximum Gasteiger partial charge on any atom is 0.253 e. The Balaban J connectivity index is 2.05. The third-order valence-corrected chi connectivity index (χ3v) is 3.22. The van der Waals surface area contributed by atoms with Gasteiger partial charge in [-0.3, -0.25) is 4.79 Å². The lowest BCUT2D eigenvalue weighted by Crippen LogP contribution is -2.26. The van der Waals surface area contributed by atoms with Gasteiger partial charge in [0.2, 0.25) is 0 Å². The zero-order valence-electron chi connectivity index (χ0n) is 8.50. The van der Waals surface area contributed by atoms with Crippen LogP contribution in [-0.4, -0.2) is 18.6 Å². The molecule has 1 aromatic carbocycles. The van der Waals surface area contributed by atoms with Crippen LogP contribution in [0.15, 0.2) is 22.7 Å². The molecule has 1 aliphatic heterocycles. The Bertz CT molecular complexity index is 405. The summed E-state index contributed by atoms with van der Waals surface area (Å²) in [5.74, 6) is -0.123. The molecule has 1 atom stereocenters. The number of halogens is 2. The van der Waals surface area contributed by atoms with Crippen LogP contribution in [0.3, 0.4) is 0 Å². The van der Waals surface area contributed by atoms with Crippen molar-refractivity contribution >= 4 is 39.1 Å².